The van der Waals surface area contributed by atoms with Crippen LogP contribution in [-0.4, -0.2) is 23.3 Å². The van der Waals surface area contributed by atoms with Gasteiger partial charge in [0.2, 0.25) is 0 Å². The largest absolute Gasteiger partial charge is 0.507 e. The molecule has 7 heteroatoms. The number of hydrogen-bond acceptors (Lipinski definition) is 6. The molecule has 1 aliphatic heterocycles. The Morgan fingerprint density at radius 3 is 2.46 bits per heavy atom. The normalized spacial score (nSPS) is 17.1. The Labute approximate surface area is 226 Å². The van der Waals surface area contributed by atoms with Gasteiger partial charge in [0.1, 0.15) is 24.1 Å². The Bertz CT molecular complexity index is 1680. The van der Waals surface area contributed by atoms with Crippen LogP contribution in [0.15, 0.2) is 108 Å². The Hall–Kier alpha value is -4.72. The summed E-state index contributed by atoms with van der Waals surface area (Å²) in [5.41, 5.74) is 11.6. The molecule has 2 atom stereocenters. The first-order valence-corrected chi connectivity index (χ1v) is 12.9. The van der Waals surface area contributed by atoms with E-state index in [-0.39, 0.29) is 17.7 Å². The minimum Gasteiger partial charge on any atom is -0.507 e. The summed E-state index contributed by atoms with van der Waals surface area (Å²) in [5.74, 6) is 0.609. The fourth-order valence-corrected chi connectivity index (χ4v) is 5.06. The predicted octanol–water partition coefficient (Wildman–Crippen LogP) is 5.34. The van der Waals surface area contributed by atoms with Crippen LogP contribution in [0.25, 0.3) is 21.5 Å². The number of nitrogens with one attached hydrogen (secondary N) is 3. The van der Waals surface area contributed by atoms with Crippen molar-refractivity contribution in [3.8, 4) is 11.5 Å². The summed E-state index contributed by atoms with van der Waals surface area (Å²) in [6.45, 7) is 0.443. The minimum atomic E-state index is -0.487. The molecule has 1 saturated heterocycles. The van der Waals surface area contributed by atoms with Crippen molar-refractivity contribution in [3.63, 3.8) is 0 Å². The summed E-state index contributed by atoms with van der Waals surface area (Å²) in [4.78, 5) is 12.9. The molecule has 194 valence electrons. The van der Waals surface area contributed by atoms with Gasteiger partial charge in [0.15, 0.2) is 0 Å². The van der Waals surface area contributed by atoms with Crippen molar-refractivity contribution in [2.75, 3.05) is 0 Å². The summed E-state index contributed by atoms with van der Waals surface area (Å²) in [7, 11) is 0. The third kappa shape index (κ3) is 5.18. The van der Waals surface area contributed by atoms with Crippen molar-refractivity contribution in [1.82, 2.24) is 16.3 Å². The molecule has 0 spiro atoms. The number of hydrogen-bond donors (Lipinski definition) is 4. The topological polar surface area (TPSA) is 95.0 Å². The van der Waals surface area contributed by atoms with Gasteiger partial charge in [0.25, 0.3) is 5.91 Å². The molecule has 5 aromatic rings. The standard InChI is InChI=1S/C32H28N4O3/c37-30-17-16-22-9-2-4-13-25(22)27(30)19-33-36-32(38)29-18-28(34-35-29)26-14-5-6-15-31(26)39-20-23-11-7-10-21-8-1-3-12-24(21)23/h1-17,19,28-29,34-35,37H,18,20H2,(H,36,38)/b33-19+. The first kappa shape index (κ1) is 24.6. The van der Waals surface area contributed by atoms with E-state index in [1.807, 2.05) is 72.8 Å². The minimum absolute atomic E-state index is 0.104. The second-order valence-electron chi connectivity index (χ2n) is 9.55. The van der Waals surface area contributed by atoms with Crippen LogP contribution in [0.2, 0.25) is 0 Å². The maximum absolute atomic E-state index is 12.9. The van der Waals surface area contributed by atoms with Crippen LogP contribution < -0.4 is 21.0 Å². The zero-order valence-corrected chi connectivity index (χ0v) is 21.2. The smallest absolute Gasteiger partial charge is 0.258 e. The molecule has 0 aliphatic carbocycles. The molecule has 7 nitrogen and oxygen atoms in total. The molecule has 0 saturated carbocycles. The maximum atomic E-state index is 12.9. The molecule has 0 bridgehead atoms. The van der Waals surface area contributed by atoms with Crippen LogP contribution in [0, 0.1) is 0 Å². The van der Waals surface area contributed by atoms with Crippen molar-refractivity contribution in [3.05, 3.63) is 120 Å². The second-order valence-corrected chi connectivity index (χ2v) is 9.55. The Morgan fingerprint density at radius 1 is 0.872 bits per heavy atom. The van der Waals surface area contributed by atoms with E-state index in [1.165, 1.54) is 17.0 Å². The van der Waals surface area contributed by atoms with Gasteiger partial charge in [-0.05, 0) is 45.7 Å². The zero-order chi connectivity index (χ0) is 26.6. The monoisotopic (exact) mass is 516 g/mol. The van der Waals surface area contributed by atoms with Gasteiger partial charge in [-0.1, -0.05) is 91.0 Å². The molecule has 5 aromatic carbocycles. The average Bonchev–Trinajstić information content (AvgIpc) is 3.48. The van der Waals surface area contributed by atoms with Crippen LogP contribution in [-0.2, 0) is 11.4 Å². The summed E-state index contributed by atoms with van der Waals surface area (Å²) in [6.07, 6.45) is 2.00. The second kappa shape index (κ2) is 10.9. The van der Waals surface area contributed by atoms with Gasteiger partial charge >= 0.3 is 0 Å². The number of rotatable bonds is 7. The highest BCUT2D eigenvalue weighted by Crippen LogP contribution is 2.31. The number of carbonyl (C=O) groups excluding carboxylic acids is 1. The molecule has 4 N–H and O–H groups in total. The van der Waals surface area contributed by atoms with E-state index in [9.17, 15) is 9.90 Å². The summed E-state index contributed by atoms with van der Waals surface area (Å²) >= 11 is 0. The van der Waals surface area contributed by atoms with Gasteiger partial charge in [-0.15, -0.1) is 0 Å². The van der Waals surface area contributed by atoms with Crippen molar-refractivity contribution >= 4 is 33.7 Å². The molecule has 2 unspecified atom stereocenters. The molecule has 6 rings (SSSR count). The fourth-order valence-electron chi connectivity index (χ4n) is 5.06. The summed E-state index contributed by atoms with van der Waals surface area (Å²) in [5, 5.41) is 18.6. The van der Waals surface area contributed by atoms with Gasteiger partial charge < -0.3 is 9.84 Å². The van der Waals surface area contributed by atoms with Gasteiger partial charge in [0.05, 0.1) is 12.3 Å². The van der Waals surface area contributed by atoms with Gasteiger partial charge in [-0.25, -0.2) is 16.3 Å². The number of phenols is 1. The van der Waals surface area contributed by atoms with E-state index in [0.717, 1.165) is 27.6 Å². The summed E-state index contributed by atoms with van der Waals surface area (Å²) in [6, 6.07) is 33.0. The lowest BCUT2D eigenvalue weighted by Crippen LogP contribution is -2.41. The molecule has 0 radical (unpaired) electrons. The van der Waals surface area contributed by atoms with Crippen molar-refractivity contribution < 1.29 is 14.6 Å². The van der Waals surface area contributed by atoms with E-state index in [4.69, 9.17) is 4.74 Å². The predicted molar refractivity (Wildman–Crippen MR) is 153 cm³/mol. The number of phenolic OH excluding ortho intramolecular Hbond substituents is 1. The Balaban J connectivity index is 1.11. The van der Waals surface area contributed by atoms with Crippen molar-refractivity contribution in [2.24, 2.45) is 5.10 Å². The fraction of sp³-hybridized carbons (Fsp3) is 0.125. The van der Waals surface area contributed by atoms with Gasteiger partial charge in [0, 0.05) is 11.1 Å². The first-order valence-electron chi connectivity index (χ1n) is 12.9. The lowest BCUT2D eigenvalue weighted by molar-refractivity contribution is -0.122. The molecule has 1 amide bonds. The molecule has 39 heavy (non-hydrogen) atoms. The highest BCUT2D eigenvalue weighted by Gasteiger charge is 2.31. The lowest BCUT2D eigenvalue weighted by Gasteiger charge is -2.16. The van der Waals surface area contributed by atoms with Gasteiger partial charge in [-0.3, -0.25) is 4.79 Å². The third-order valence-electron chi connectivity index (χ3n) is 7.09. The number of hydrazine groups is 1. The summed E-state index contributed by atoms with van der Waals surface area (Å²) < 4.78 is 6.28. The SMILES string of the molecule is O=C(N/N=C/c1c(O)ccc2ccccc12)C1CC(c2ccccc2OCc2cccc3ccccc23)NN1. The van der Waals surface area contributed by atoms with E-state index in [2.05, 4.69) is 45.6 Å². The number of ether oxygens (including phenoxy) is 1. The number of amides is 1. The molecular weight excluding hydrogens is 488 g/mol. The molecular formula is C32H28N4O3. The molecule has 0 aromatic heterocycles. The quantitative estimate of drug-likeness (QED) is 0.173. The highest BCUT2D eigenvalue weighted by molar-refractivity contribution is 6.02. The first-order chi connectivity index (χ1) is 19.2. The van der Waals surface area contributed by atoms with Crippen LogP contribution in [0.5, 0.6) is 11.5 Å². The maximum Gasteiger partial charge on any atom is 0.258 e. The van der Waals surface area contributed by atoms with Crippen LogP contribution in [0.3, 0.4) is 0 Å². The number of benzene rings is 5. The Kier molecular flexibility index (Phi) is 6.91. The van der Waals surface area contributed by atoms with E-state index in [0.29, 0.717) is 18.6 Å². The van der Waals surface area contributed by atoms with E-state index >= 15 is 0 Å². The molecule has 1 fully saturated rings. The number of aromatic hydroxyl groups is 1. The average molecular weight is 517 g/mol. The number of carbonyl (C=O) groups is 1. The van der Waals surface area contributed by atoms with Crippen molar-refractivity contribution in [1.29, 1.82) is 0 Å². The van der Waals surface area contributed by atoms with Crippen LogP contribution in [0.1, 0.15) is 29.2 Å². The molecule has 1 heterocycles. The Morgan fingerprint density at radius 2 is 1.59 bits per heavy atom. The van der Waals surface area contributed by atoms with Crippen molar-refractivity contribution in [2.45, 2.75) is 25.1 Å². The number of para-hydroxylation sites is 1. The lowest BCUT2D eigenvalue weighted by atomic mass is 10.0. The van der Waals surface area contributed by atoms with E-state index in [1.54, 1.807) is 6.07 Å². The number of hydrazone groups is 1. The van der Waals surface area contributed by atoms with Crippen LogP contribution in [0.4, 0.5) is 0 Å². The van der Waals surface area contributed by atoms with Gasteiger partial charge in [-0.2, -0.15) is 5.10 Å². The van der Waals surface area contributed by atoms with Crippen LogP contribution >= 0.6 is 0 Å². The highest BCUT2D eigenvalue weighted by atomic mass is 16.5. The van der Waals surface area contributed by atoms with E-state index < -0.39 is 6.04 Å². The molecule has 1 aliphatic rings. The zero-order valence-electron chi connectivity index (χ0n) is 21.2. The number of nitrogens with zero attached hydrogens (tertiary/aromatic N) is 1. The number of fused-ring (bicyclic) bond motifs is 2. The third-order valence-corrected chi connectivity index (χ3v) is 7.09.